The molecule has 0 heterocycles. The second-order valence-electron chi connectivity index (χ2n) is 4.99. The Labute approximate surface area is 153 Å². The van der Waals surface area contributed by atoms with E-state index in [-0.39, 0.29) is 17.6 Å². The van der Waals surface area contributed by atoms with Crippen LogP contribution in [0.2, 0.25) is 0 Å². The zero-order chi connectivity index (χ0) is 17.4. The van der Waals surface area contributed by atoms with Crippen LogP contribution in [0.25, 0.3) is 6.08 Å². The van der Waals surface area contributed by atoms with E-state index in [1.54, 1.807) is 6.08 Å². The Bertz CT molecular complexity index is 745. The quantitative estimate of drug-likeness (QED) is 0.453. The lowest BCUT2D eigenvalue weighted by Gasteiger charge is -2.05. The minimum absolute atomic E-state index is 0.233. The highest BCUT2D eigenvalue weighted by Gasteiger charge is 2.04. The molecule has 0 aliphatic heterocycles. The molecule has 2 aromatic carbocycles. The molecule has 2 rings (SSSR count). The zero-order valence-electron chi connectivity index (χ0n) is 13.1. The molecule has 0 atom stereocenters. The van der Waals surface area contributed by atoms with Crippen molar-refractivity contribution in [3.05, 3.63) is 70.2 Å². The van der Waals surface area contributed by atoms with E-state index >= 15 is 0 Å². The number of hydrazine groups is 1. The molecule has 0 radical (unpaired) electrons. The monoisotopic (exact) mass is 404 g/mol. The van der Waals surface area contributed by atoms with Crippen LogP contribution in [-0.2, 0) is 9.59 Å². The van der Waals surface area contributed by atoms with Crippen LogP contribution in [0, 0.1) is 6.92 Å². The van der Waals surface area contributed by atoms with Gasteiger partial charge >= 0.3 is 0 Å². The van der Waals surface area contributed by atoms with E-state index in [0.29, 0.717) is 0 Å². The van der Waals surface area contributed by atoms with Gasteiger partial charge in [0.25, 0.3) is 5.91 Å². The van der Waals surface area contributed by atoms with E-state index in [1.165, 1.54) is 23.4 Å². The van der Waals surface area contributed by atoms with Gasteiger partial charge in [-0.1, -0.05) is 51.8 Å². The van der Waals surface area contributed by atoms with Gasteiger partial charge in [0.05, 0.1) is 5.75 Å². The number of carbonyl (C=O) groups is 2. The summed E-state index contributed by atoms with van der Waals surface area (Å²) in [6, 6.07) is 15.5. The molecule has 0 fully saturated rings. The largest absolute Gasteiger partial charge is 0.272 e. The van der Waals surface area contributed by atoms with Crippen LogP contribution in [-0.4, -0.2) is 17.6 Å². The number of hydrogen-bond donors (Lipinski definition) is 2. The van der Waals surface area contributed by atoms with Crippen LogP contribution in [0.5, 0.6) is 0 Å². The zero-order valence-corrected chi connectivity index (χ0v) is 15.5. The minimum Gasteiger partial charge on any atom is -0.272 e. The first kappa shape index (κ1) is 18.3. The topological polar surface area (TPSA) is 58.2 Å². The molecule has 2 amide bonds. The van der Waals surface area contributed by atoms with Crippen LogP contribution < -0.4 is 10.9 Å². The van der Waals surface area contributed by atoms with Crippen molar-refractivity contribution in [3.8, 4) is 0 Å². The van der Waals surface area contributed by atoms with E-state index in [4.69, 9.17) is 0 Å². The third kappa shape index (κ3) is 6.22. The molecule has 0 saturated heterocycles. The number of benzene rings is 2. The molecule has 4 nitrogen and oxygen atoms in total. The minimum atomic E-state index is -0.389. The van der Waals surface area contributed by atoms with Gasteiger partial charge in [0.1, 0.15) is 0 Å². The maximum atomic E-state index is 11.7. The summed E-state index contributed by atoms with van der Waals surface area (Å²) in [5.41, 5.74) is 6.81. The van der Waals surface area contributed by atoms with Gasteiger partial charge in [-0.2, -0.15) is 0 Å². The Morgan fingerprint density at radius 3 is 2.50 bits per heavy atom. The number of amides is 2. The number of carbonyl (C=O) groups excluding carboxylic acids is 2. The van der Waals surface area contributed by atoms with Gasteiger partial charge in [0, 0.05) is 15.4 Å². The average Bonchev–Trinajstić information content (AvgIpc) is 2.58. The molecule has 0 bridgehead atoms. The summed E-state index contributed by atoms with van der Waals surface area (Å²) >= 11 is 4.81. The third-order valence-corrected chi connectivity index (χ3v) is 4.77. The molecule has 124 valence electrons. The summed E-state index contributed by atoms with van der Waals surface area (Å²) in [5, 5.41) is 0. The summed E-state index contributed by atoms with van der Waals surface area (Å²) < 4.78 is 0.896. The Kier molecular flexibility index (Phi) is 7.08. The summed E-state index contributed by atoms with van der Waals surface area (Å²) in [7, 11) is 0. The van der Waals surface area contributed by atoms with E-state index in [0.717, 1.165) is 14.9 Å². The predicted molar refractivity (Wildman–Crippen MR) is 101 cm³/mol. The van der Waals surface area contributed by atoms with Gasteiger partial charge in [-0.25, -0.2) is 0 Å². The van der Waals surface area contributed by atoms with Crippen LogP contribution in [0.3, 0.4) is 0 Å². The Hall–Kier alpha value is -2.05. The van der Waals surface area contributed by atoms with E-state index < -0.39 is 0 Å². The molecule has 24 heavy (non-hydrogen) atoms. The molecule has 0 saturated carbocycles. The Morgan fingerprint density at radius 1 is 1.08 bits per heavy atom. The summed E-state index contributed by atoms with van der Waals surface area (Å²) in [6.45, 7) is 2.01. The molecule has 0 spiro atoms. The van der Waals surface area contributed by atoms with Crippen molar-refractivity contribution in [1.29, 1.82) is 0 Å². The van der Waals surface area contributed by atoms with Crippen LogP contribution in [0.4, 0.5) is 0 Å². The second-order valence-corrected chi connectivity index (χ2v) is 6.90. The number of hydrogen-bond acceptors (Lipinski definition) is 3. The van der Waals surface area contributed by atoms with Gasteiger partial charge in [0.2, 0.25) is 5.91 Å². The lowest BCUT2D eigenvalue weighted by molar-refractivity contribution is -0.125. The van der Waals surface area contributed by atoms with Crippen LogP contribution >= 0.6 is 27.7 Å². The van der Waals surface area contributed by atoms with Crippen LogP contribution in [0.15, 0.2) is 64.0 Å². The molecule has 2 aromatic rings. The molecular weight excluding hydrogens is 388 g/mol. The SMILES string of the molecule is Cc1ccc(SCC(=O)NNC(=O)/C=C/c2ccccc2Br)cc1. The third-order valence-electron chi connectivity index (χ3n) is 3.04. The molecule has 0 aliphatic rings. The van der Waals surface area contributed by atoms with Crippen molar-refractivity contribution in [2.24, 2.45) is 0 Å². The normalized spacial score (nSPS) is 10.6. The van der Waals surface area contributed by atoms with Gasteiger partial charge in [0.15, 0.2) is 0 Å². The summed E-state index contributed by atoms with van der Waals surface area (Å²) in [5.74, 6) is -0.417. The lowest BCUT2D eigenvalue weighted by Crippen LogP contribution is -2.41. The van der Waals surface area contributed by atoms with Crippen LogP contribution in [0.1, 0.15) is 11.1 Å². The number of thioether (sulfide) groups is 1. The van der Waals surface area contributed by atoms with E-state index in [1.807, 2.05) is 55.5 Å². The Balaban J connectivity index is 1.74. The molecule has 0 aromatic heterocycles. The van der Waals surface area contributed by atoms with E-state index in [9.17, 15) is 9.59 Å². The first-order valence-corrected chi connectivity index (χ1v) is 9.03. The molecule has 0 aliphatic carbocycles. The number of nitrogens with one attached hydrogen (secondary N) is 2. The molecule has 0 unspecified atom stereocenters. The highest BCUT2D eigenvalue weighted by Crippen LogP contribution is 2.18. The fraction of sp³-hybridized carbons (Fsp3) is 0.111. The standard InChI is InChI=1S/C18H17BrN2O2S/c1-13-6-9-15(10-7-13)24-12-18(23)21-20-17(22)11-8-14-4-2-3-5-16(14)19/h2-11H,12H2,1H3,(H,20,22)(H,21,23)/b11-8+. The number of aryl methyl sites for hydroxylation is 1. The maximum Gasteiger partial charge on any atom is 0.262 e. The highest BCUT2D eigenvalue weighted by atomic mass is 79.9. The van der Waals surface area contributed by atoms with Crippen molar-refractivity contribution in [2.75, 3.05) is 5.75 Å². The first-order valence-electron chi connectivity index (χ1n) is 7.25. The average molecular weight is 405 g/mol. The van der Waals surface area contributed by atoms with Crippen molar-refractivity contribution < 1.29 is 9.59 Å². The van der Waals surface area contributed by atoms with Crippen molar-refractivity contribution >= 4 is 45.6 Å². The van der Waals surface area contributed by atoms with Gasteiger partial charge in [-0.05, 0) is 36.8 Å². The van der Waals surface area contributed by atoms with Crippen molar-refractivity contribution in [2.45, 2.75) is 11.8 Å². The first-order chi connectivity index (χ1) is 11.5. The van der Waals surface area contributed by atoms with Gasteiger partial charge in [-0.15, -0.1) is 11.8 Å². The second kappa shape index (κ2) is 9.30. The van der Waals surface area contributed by atoms with Crippen molar-refractivity contribution in [3.63, 3.8) is 0 Å². The summed E-state index contributed by atoms with van der Waals surface area (Å²) in [4.78, 5) is 24.5. The van der Waals surface area contributed by atoms with Gasteiger partial charge in [-0.3, -0.25) is 20.4 Å². The number of rotatable bonds is 5. The smallest absolute Gasteiger partial charge is 0.262 e. The summed E-state index contributed by atoms with van der Waals surface area (Å²) in [6.07, 6.45) is 3.04. The van der Waals surface area contributed by atoms with E-state index in [2.05, 4.69) is 26.8 Å². The maximum absolute atomic E-state index is 11.7. The predicted octanol–water partition coefficient (Wildman–Crippen LogP) is 3.71. The van der Waals surface area contributed by atoms with Gasteiger partial charge < -0.3 is 0 Å². The Morgan fingerprint density at radius 2 is 1.79 bits per heavy atom. The molecule has 2 N–H and O–H groups in total. The fourth-order valence-corrected chi connectivity index (χ4v) is 2.88. The molecular formula is C18H17BrN2O2S. The number of halogens is 1. The fourth-order valence-electron chi connectivity index (χ4n) is 1.77. The van der Waals surface area contributed by atoms with Crippen molar-refractivity contribution in [1.82, 2.24) is 10.9 Å². The molecule has 6 heteroatoms. The highest BCUT2D eigenvalue weighted by molar-refractivity contribution is 9.10. The lowest BCUT2D eigenvalue weighted by atomic mass is 10.2.